The maximum Gasteiger partial charge on any atom is 0.338 e. The van der Waals surface area contributed by atoms with Gasteiger partial charge < -0.3 is 44.6 Å². The molecule has 4 aromatic carbocycles. The van der Waals surface area contributed by atoms with Crippen molar-refractivity contribution in [3.63, 3.8) is 0 Å². The largest absolute Gasteiger partial charge is 0.462 e. The molecule has 0 spiro atoms. The lowest BCUT2D eigenvalue weighted by Gasteiger charge is -2.34. The van der Waals surface area contributed by atoms with Crippen molar-refractivity contribution in [2.45, 2.75) is 62.3 Å². The third kappa shape index (κ3) is 14.4. The van der Waals surface area contributed by atoms with Crippen LogP contribution in [-0.4, -0.2) is 148 Å². The number of piperazine rings is 2. The Morgan fingerprint density at radius 1 is 0.573 bits per heavy atom. The van der Waals surface area contributed by atoms with Gasteiger partial charge in [0, 0.05) is 166 Å². The molecule has 82 heavy (non-hydrogen) atoms. The summed E-state index contributed by atoms with van der Waals surface area (Å²) >= 11 is 0. The molecule has 15 nitrogen and oxygen atoms in total. The highest BCUT2D eigenvalue weighted by Gasteiger charge is 2.28. The van der Waals surface area contributed by atoms with Crippen LogP contribution in [0, 0.1) is 27.7 Å². The molecule has 10 rings (SSSR count). The quantitative estimate of drug-likeness (QED) is 0.0485. The number of carbonyl (C=O) groups is 2. The van der Waals surface area contributed by atoms with E-state index in [2.05, 4.69) is 114 Å². The van der Waals surface area contributed by atoms with E-state index in [-0.39, 0.29) is 30.9 Å². The molecule has 0 radical (unpaired) electrons. The molecule has 2 saturated heterocycles. The molecule has 2 aliphatic carbocycles. The second-order valence-corrected chi connectivity index (χ2v) is 20.5. The summed E-state index contributed by atoms with van der Waals surface area (Å²) in [6.45, 7) is 30.7. The zero-order valence-corrected chi connectivity index (χ0v) is 50.2. The van der Waals surface area contributed by atoms with Gasteiger partial charge in [-0.3, -0.25) is 24.6 Å². The molecule has 5 N–H and O–H groups in total. The number of esters is 1. The number of hydrogen-bond acceptors (Lipinski definition) is 14. The zero-order valence-electron chi connectivity index (χ0n) is 49.3. The number of aliphatic hydroxyl groups is 2. The number of halogens is 1. The van der Waals surface area contributed by atoms with Crippen LogP contribution in [0.1, 0.15) is 77.6 Å². The molecule has 6 aliphatic rings. The van der Waals surface area contributed by atoms with Gasteiger partial charge in [0.2, 0.25) is 0 Å². The number of aryl methyl sites for hydroxylation is 4. The van der Waals surface area contributed by atoms with Gasteiger partial charge in [0.1, 0.15) is 22.7 Å². The zero-order chi connectivity index (χ0) is 57.6. The summed E-state index contributed by atoms with van der Waals surface area (Å²) in [5.74, 6) is 1.19. The van der Waals surface area contributed by atoms with E-state index in [1.165, 1.54) is 0 Å². The fourth-order valence-corrected chi connectivity index (χ4v) is 10.9. The standard InChI is InChI=1S/C32H38N4O3.C28H30N2O3.C6H14N2O.ClH/c1-5-33-27-19-29-25(17-21(27)3)31(26-18-22(4)28(34-6-2)20-30(26)39-29)23-9-7-8-10-24(23)32(38)36-13-11-35(12-14-36)15-16-37;1-6-29-23-15-25-21(13-17(23)4)27(19-11-9-10-12-20(19)28(31)32-8-3)22-14-18(5)24(30-7-2)16-26(22)33-25;9-6-5-8-3-1-7-2-4-8;/h7-10,17-20,33,37H,5-6,11-16H2,1-4H3;9-16,29H,6-8H2,1-5H3;7,9H,1-6H2;1H. The molecule has 4 heterocycles. The maximum absolute atomic E-state index is 14.0. The van der Waals surface area contributed by atoms with Crippen LogP contribution in [0.4, 0.5) is 11.4 Å². The molecule has 436 valence electrons. The second kappa shape index (κ2) is 29.7. The number of β-amino-alcohol motifs (C(OH)–C–C–N with tert-alkyl or cyclic N) is 2. The van der Waals surface area contributed by atoms with Crippen LogP contribution in [0.3, 0.4) is 0 Å². The van der Waals surface area contributed by atoms with Crippen molar-refractivity contribution in [3.8, 4) is 44.9 Å². The molecular formula is C66H83ClN8O7. The van der Waals surface area contributed by atoms with Gasteiger partial charge in [-0.1, -0.05) is 36.4 Å². The number of hydrogen-bond donors (Lipinski definition) is 5. The molecular weight excluding hydrogens is 1050 g/mol. The number of nitrogens with one attached hydrogen (secondary N) is 3. The smallest absolute Gasteiger partial charge is 0.338 e. The van der Waals surface area contributed by atoms with E-state index in [1.54, 1.807) is 0 Å². The number of rotatable bonds is 15. The summed E-state index contributed by atoms with van der Waals surface area (Å²) in [6, 6.07) is 32.2. The SMILES string of the molecule is CCN=c1cc2oc3cc(NCC)c(C)cc3c(-c3ccccc3C(=O)N3CCN(CCO)CC3)c-2cc1C.CCN=c1cc2oc3cc(NCC)c(C)cc3c(-c3ccccc3C(=O)OCC)c-2cc1C.Cl.OCCN1CCNCC1. The Hall–Kier alpha value is -7.11. The minimum absolute atomic E-state index is 0. The molecule has 0 unspecified atom stereocenters. The van der Waals surface area contributed by atoms with Crippen LogP contribution in [0.5, 0.6) is 0 Å². The van der Waals surface area contributed by atoms with Crippen LogP contribution in [-0.2, 0) is 4.74 Å². The van der Waals surface area contributed by atoms with Gasteiger partial charge in [0.05, 0.1) is 36.1 Å². The Labute approximate surface area is 489 Å². The van der Waals surface area contributed by atoms with Crippen LogP contribution < -0.4 is 26.7 Å². The average Bonchev–Trinajstić information content (AvgIpc) is 3.51. The molecule has 0 bridgehead atoms. The molecule has 0 aromatic heterocycles. The first kappa shape index (κ1) is 62.5. The number of carbonyl (C=O) groups excluding carboxylic acids is 2. The predicted octanol–water partition coefficient (Wildman–Crippen LogP) is 10.6. The minimum atomic E-state index is -0.328. The topological polar surface area (TPSA) is 181 Å². The number of aliphatic hydroxyl groups excluding tert-OH is 2. The number of anilines is 2. The van der Waals surface area contributed by atoms with Crippen molar-refractivity contribution in [2.24, 2.45) is 9.98 Å². The van der Waals surface area contributed by atoms with Gasteiger partial charge in [0.15, 0.2) is 0 Å². The predicted molar refractivity (Wildman–Crippen MR) is 335 cm³/mol. The van der Waals surface area contributed by atoms with Gasteiger partial charge in [-0.25, -0.2) is 4.79 Å². The number of amides is 1. The molecule has 4 aliphatic heterocycles. The van der Waals surface area contributed by atoms with Gasteiger partial charge in [-0.05, 0) is 132 Å². The van der Waals surface area contributed by atoms with E-state index < -0.39 is 0 Å². The molecule has 0 saturated carbocycles. The van der Waals surface area contributed by atoms with Crippen molar-refractivity contribution < 1.29 is 33.4 Å². The lowest BCUT2D eigenvalue weighted by Crippen LogP contribution is -2.49. The van der Waals surface area contributed by atoms with Gasteiger partial charge >= 0.3 is 5.97 Å². The van der Waals surface area contributed by atoms with Crippen molar-refractivity contribution in [3.05, 3.63) is 141 Å². The Kier molecular flexibility index (Phi) is 22.7. The highest BCUT2D eigenvalue weighted by Crippen LogP contribution is 2.45. The summed E-state index contributed by atoms with van der Waals surface area (Å²) in [7, 11) is 0. The Morgan fingerprint density at radius 3 is 1.48 bits per heavy atom. The van der Waals surface area contributed by atoms with Gasteiger partial charge in [-0.15, -0.1) is 12.4 Å². The summed E-state index contributed by atoms with van der Waals surface area (Å²) < 4.78 is 18.3. The fourth-order valence-electron chi connectivity index (χ4n) is 10.9. The molecule has 1 amide bonds. The third-order valence-electron chi connectivity index (χ3n) is 15.0. The maximum atomic E-state index is 14.0. The van der Waals surface area contributed by atoms with Crippen LogP contribution in [0.25, 0.3) is 66.8 Å². The first-order valence-electron chi connectivity index (χ1n) is 28.9. The van der Waals surface area contributed by atoms with E-state index in [4.69, 9.17) is 18.7 Å². The lowest BCUT2D eigenvalue weighted by atomic mass is 9.89. The summed E-state index contributed by atoms with van der Waals surface area (Å²) in [5.41, 5.74) is 14.8. The normalized spacial score (nSPS) is 14.3. The Balaban J connectivity index is 0.000000204. The molecule has 0 atom stereocenters. The van der Waals surface area contributed by atoms with E-state index in [9.17, 15) is 14.7 Å². The molecule has 16 heteroatoms. The number of benzene rings is 6. The first-order chi connectivity index (χ1) is 39.4. The van der Waals surface area contributed by atoms with Crippen LogP contribution >= 0.6 is 12.4 Å². The monoisotopic (exact) mass is 1130 g/mol. The highest BCUT2D eigenvalue weighted by molar-refractivity contribution is 6.11. The minimum Gasteiger partial charge on any atom is -0.462 e. The van der Waals surface area contributed by atoms with Crippen molar-refractivity contribution in [2.75, 3.05) is 122 Å². The van der Waals surface area contributed by atoms with E-state index in [1.807, 2.05) is 86.3 Å². The third-order valence-corrected chi connectivity index (χ3v) is 15.0. The summed E-state index contributed by atoms with van der Waals surface area (Å²) in [5, 5.41) is 31.7. The van der Waals surface area contributed by atoms with Crippen molar-refractivity contribution >= 4 is 57.6 Å². The van der Waals surface area contributed by atoms with Crippen molar-refractivity contribution in [1.29, 1.82) is 0 Å². The van der Waals surface area contributed by atoms with E-state index in [0.29, 0.717) is 57.1 Å². The first-order valence-corrected chi connectivity index (χ1v) is 28.9. The number of nitrogens with zero attached hydrogens (tertiary/aromatic N) is 5. The molecule has 2 fully saturated rings. The van der Waals surface area contributed by atoms with Gasteiger partial charge in [-0.2, -0.15) is 0 Å². The van der Waals surface area contributed by atoms with Gasteiger partial charge in [0.25, 0.3) is 5.91 Å². The average molecular weight is 1140 g/mol. The van der Waals surface area contributed by atoms with Crippen molar-refractivity contribution in [1.82, 2.24) is 20.0 Å². The highest BCUT2D eigenvalue weighted by atomic mass is 35.5. The van der Waals surface area contributed by atoms with Crippen LogP contribution in [0.15, 0.2) is 116 Å². The lowest BCUT2D eigenvalue weighted by molar-refractivity contribution is 0.0526. The van der Waals surface area contributed by atoms with Crippen LogP contribution in [0.2, 0.25) is 0 Å². The number of fused-ring (bicyclic) bond motifs is 4. The van der Waals surface area contributed by atoms with E-state index in [0.717, 1.165) is 170 Å². The fraction of sp³-hybridized carbons (Fsp3) is 0.394. The molecule has 4 aromatic rings. The Morgan fingerprint density at radius 2 is 1.02 bits per heavy atom. The second-order valence-electron chi connectivity index (χ2n) is 20.5. The Bertz CT molecular complexity index is 3540. The number of ether oxygens (including phenoxy) is 1. The summed E-state index contributed by atoms with van der Waals surface area (Å²) in [6.07, 6.45) is 0. The summed E-state index contributed by atoms with van der Waals surface area (Å²) in [4.78, 5) is 42.5. The van der Waals surface area contributed by atoms with E-state index >= 15 is 0 Å².